The van der Waals surface area contributed by atoms with Gasteiger partial charge in [0.25, 0.3) is 5.91 Å². The molecule has 0 radical (unpaired) electrons. The van der Waals surface area contributed by atoms with Crippen LogP contribution >= 0.6 is 28.4 Å². The second-order valence-electron chi connectivity index (χ2n) is 3.72. The Morgan fingerprint density at radius 1 is 1.47 bits per heavy atom. The quantitative estimate of drug-likeness (QED) is 0.632. The molecule has 1 unspecified atom stereocenters. The standard InChI is InChI=1S/C12H13IN3O2P/c1-18-11-5-3-2-4-10(11)12(17)14-8-9-6-7-16(15-9)19-13/h2-7,19H,8H2,1H3,(H,14,17). The van der Waals surface area contributed by atoms with Crippen molar-refractivity contribution in [2.24, 2.45) is 0 Å². The van der Waals surface area contributed by atoms with E-state index in [1.54, 1.807) is 19.2 Å². The smallest absolute Gasteiger partial charge is 0.255 e. The average Bonchev–Trinajstić information content (AvgIpc) is 2.92. The number of amides is 1. The van der Waals surface area contributed by atoms with Crippen LogP contribution in [0.1, 0.15) is 16.1 Å². The van der Waals surface area contributed by atoms with E-state index >= 15 is 0 Å². The summed E-state index contributed by atoms with van der Waals surface area (Å²) in [5, 5.41) is 7.15. The predicted octanol–water partition coefficient (Wildman–Crippen LogP) is 2.61. The number of hydrogen-bond acceptors (Lipinski definition) is 3. The van der Waals surface area contributed by atoms with E-state index in [0.29, 0.717) is 24.2 Å². The van der Waals surface area contributed by atoms with Crippen molar-refractivity contribution in [1.82, 2.24) is 14.9 Å². The normalized spacial score (nSPS) is 10.8. The fraction of sp³-hybridized carbons (Fsp3) is 0.167. The van der Waals surface area contributed by atoms with E-state index in [-0.39, 0.29) is 5.91 Å². The van der Waals surface area contributed by atoms with Gasteiger partial charge in [0.15, 0.2) is 0 Å². The lowest BCUT2D eigenvalue weighted by Crippen LogP contribution is -2.23. The molecule has 0 spiro atoms. The maximum atomic E-state index is 12.0. The summed E-state index contributed by atoms with van der Waals surface area (Å²) < 4.78 is 7.00. The number of halogens is 1. The molecule has 0 aliphatic carbocycles. The summed E-state index contributed by atoms with van der Waals surface area (Å²) in [4.78, 5) is 12.0. The Labute approximate surface area is 126 Å². The number of para-hydroxylation sites is 1. The summed E-state index contributed by atoms with van der Waals surface area (Å²) in [6.07, 6.45) is 2.46. The van der Waals surface area contributed by atoms with E-state index in [2.05, 4.69) is 32.5 Å². The molecule has 1 atom stereocenters. The molecule has 1 aromatic heterocycles. The second-order valence-corrected chi connectivity index (χ2v) is 5.79. The molecule has 0 bridgehead atoms. The summed E-state index contributed by atoms with van der Waals surface area (Å²) in [6, 6.07) is 9.04. The molecule has 1 N–H and O–H groups in total. The van der Waals surface area contributed by atoms with Gasteiger partial charge in [0.05, 0.1) is 31.3 Å². The molecule has 0 saturated heterocycles. The van der Waals surface area contributed by atoms with Crippen LogP contribution < -0.4 is 10.1 Å². The minimum Gasteiger partial charge on any atom is -0.496 e. The fourth-order valence-corrected chi connectivity index (χ4v) is 2.70. The van der Waals surface area contributed by atoms with Crippen LogP contribution in [0.5, 0.6) is 5.75 Å². The zero-order valence-corrected chi connectivity index (χ0v) is 13.4. The third-order valence-corrected chi connectivity index (χ3v) is 4.42. The highest BCUT2D eigenvalue weighted by Gasteiger charge is 2.11. The molecule has 100 valence electrons. The Bertz CT molecular complexity index is 574. The predicted molar refractivity (Wildman–Crippen MR) is 84.1 cm³/mol. The molecule has 2 rings (SSSR count). The van der Waals surface area contributed by atoms with Crippen LogP contribution in [0.25, 0.3) is 0 Å². The summed E-state index contributed by atoms with van der Waals surface area (Å²) in [6.45, 7) is 0.408. The molecule has 0 saturated carbocycles. The lowest BCUT2D eigenvalue weighted by Gasteiger charge is -2.07. The molecule has 0 fully saturated rings. The van der Waals surface area contributed by atoms with Gasteiger partial charge in [0.1, 0.15) is 5.75 Å². The van der Waals surface area contributed by atoms with Crippen molar-refractivity contribution >= 4 is 34.3 Å². The van der Waals surface area contributed by atoms with Crippen LogP contribution in [-0.2, 0) is 6.54 Å². The third kappa shape index (κ3) is 3.67. The highest BCUT2D eigenvalue weighted by Crippen LogP contribution is 2.22. The van der Waals surface area contributed by atoms with Gasteiger partial charge in [0.2, 0.25) is 0 Å². The number of hydrogen-bond donors (Lipinski definition) is 1. The van der Waals surface area contributed by atoms with Gasteiger partial charge in [-0.15, -0.1) is 0 Å². The molecule has 1 aromatic carbocycles. The van der Waals surface area contributed by atoms with Gasteiger partial charge < -0.3 is 10.1 Å². The molecule has 1 heterocycles. The molecule has 1 amide bonds. The molecular weight excluding hydrogens is 376 g/mol. The van der Waals surface area contributed by atoms with E-state index in [0.717, 1.165) is 5.69 Å². The van der Waals surface area contributed by atoms with Gasteiger partial charge in [-0.25, -0.2) is 4.45 Å². The van der Waals surface area contributed by atoms with Crippen LogP contribution in [0, 0.1) is 0 Å². The molecule has 0 aliphatic heterocycles. The average molecular weight is 389 g/mol. The van der Waals surface area contributed by atoms with E-state index in [4.69, 9.17) is 4.74 Å². The zero-order valence-electron chi connectivity index (χ0n) is 10.3. The number of ether oxygens (including phenoxy) is 1. The van der Waals surface area contributed by atoms with Crippen molar-refractivity contribution in [3.05, 3.63) is 47.8 Å². The van der Waals surface area contributed by atoms with Gasteiger partial charge in [0, 0.05) is 6.20 Å². The summed E-state index contributed by atoms with van der Waals surface area (Å²) in [5.74, 6) is 0.406. The topological polar surface area (TPSA) is 56.1 Å². The number of rotatable bonds is 5. The zero-order chi connectivity index (χ0) is 13.7. The van der Waals surface area contributed by atoms with Crippen molar-refractivity contribution in [3.8, 4) is 5.75 Å². The van der Waals surface area contributed by atoms with E-state index in [1.165, 1.54) is 0 Å². The van der Waals surface area contributed by atoms with E-state index in [1.807, 2.05) is 28.8 Å². The van der Waals surface area contributed by atoms with Crippen molar-refractivity contribution in [2.45, 2.75) is 6.54 Å². The number of benzene rings is 1. The lowest BCUT2D eigenvalue weighted by molar-refractivity contribution is 0.0947. The summed E-state index contributed by atoms with van der Waals surface area (Å²) >= 11 is 2.25. The lowest BCUT2D eigenvalue weighted by atomic mass is 10.2. The first-order valence-electron chi connectivity index (χ1n) is 5.57. The van der Waals surface area contributed by atoms with Crippen molar-refractivity contribution < 1.29 is 9.53 Å². The number of aromatic nitrogens is 2. The number of methoxy groups -OCH3 is 1. The molecule has 19 heavy (non-hydrogen) atoms. The number of nitrogens with zero attached hydrogens (tertiary/aromatic N) is 2. The molecular formula is C12H13IN3O2P. The number of carbonyl (C=O) groups is 1. The van der Waals surface area contributed by atoms with E-state index in [9.17, 15) is 4.79 Å². The van der Waals surface area contributed by atoms with E-state index < -0.39 is 0 Å². The van der Waals surface area contributed by atoms with Crippen LogP contribution in [0.15, 0.2) is 36.5 Å². The Morgan fingerprint density at radius 2 is 2.26 bits per heavy atom. The maximum absolute atomic E-state index is 12.0. The Hall–Kier alpha value is -1.14. The summed E-state index contributed by atoms with van der Waals surface area (Å²) in [5.41, 5.74) is 1.37. The monoisotopic (exact) mass is 389 g/mol. The molecule has 0 aliphatic rings. The molecule has 2 aromatic rings. The first-order valence-corrected chi connectivity index (χ1v) is 9.63. The first kappa shape index (κ1) is 14.3. The third-order valence-electron chi connectivity index (χ3n) is 2.51. The van der Waals surface area contributed by atoms with Gasteiger partial charge >= 0.3 is 0 Å². The molecule has 5 nitrogen and oxygen atoms in total. The molecule has 7 heteroatoms. The highest BCUT2D eigenvalue weighted by atomic mass is 127. The van der Waals surface area contributed by atoms with Crippen LogP contribution in [-0.4, -0.2) is 22.6 Å². The Balaban J connectivity index is 2.01. The van der Waals surface area contributed by atoms with Gasteiger partial charge in [-0.1, -0.05) is 12.1 Å². The first-order chi connectivity index (χ1) is 9.24. The van der Waals surface area contributed by atoms with Gasteiger partial charge in [-0.05, 0) is 40.2 Å². The van der Waals surface area contributed by atoms with Gasteiger partial charge in [-0.3, -0.25) is 4.79 Å². The minimum atomic E-state index is -0.163. The van der Waals surface area contributed by atoms with Crippen molar-refractivity contribution in [2.75, 3.05) is 7.11 Å². The van der Waals surface area contributed by atoms with Crippen LogP contribution in [0.4, 0.5) is 0 Å². The van der Waals surface area contributed by atoms with Crippen molar-refractivity contribution in [3.63, 3.8) is 0 Å². The minimum absolute atomic E-state index is 0.163. The van der Waals surface area contributed by atoms with Crippen molar-refractivity contribution in [1.29, 1.82) is 0 Å². The van der Waals surface area contributed by atoms with Crippen LogP contribution in [0.2, 0.25) is 0 Å². The fourth-order valence-electron chi connectivity index (χ4n) is 1.60. The SMILES string of the molecule is COc1ccccc1C(=O)NCc1ccn(PI)n1. The van der Waals surface area contributed by atoms with Gasteiger partial charge in [-0.2, -0.15) is 5.10 Å². The largest absolute Gasteiger partial charge is 0.496 e. The summed E-state index contributed by atoms with van der Waals surface area (Å²) in [7, 11) is 1.55. The van der Waals surface area contributed by atoms with Crippen LogP contribution in [0.3, 0.4) is 0 Å². The highest BCUT2D eigenvalue weighted by molar-refractivity contribution is 14.2. The second kappa shape index (κ2) is 6.86. The Kier molecular flexibility index (Phi) is 5.15. The number of nitrogens with one attached hydrogen (secondary N) is 1. The maximum Gasteiger partial charge on any atom is 0.255 e. The Morgan fingerprint density at radius 3 is 2.95 bits per heavy atom. The number of carbonyl (C=O) groups excluding carboxylic acids is 1.